The number of Topliss-reactive ketones (excluding diaryl/α,β-unsaturated/α-hetero) is 1. The first-order valence-corrected chi connectivity index (χ1v) is 14.8. The summed E-state index contributed by atoms with van der Waals surface area (Å²) in [5, 5.41) is 10.8. The van der Waals surface area contributed by atoms with Crippen molar-refractivity contribution >= 4 is 41.0 Å². The van der Waals surface area contributed by atoms with E-state index >= 15 is 0 Å². The van der Waals surface area contributed by atoms with Crippen molar-refractivity contribution < 1.29 is 29.0 Å². The van der Waals surface area contributed by atoms with Crippen molar-refractivity contribution in [2.24, 2.45) is 23.2 Å². The molecular formula is C32H35ClN2O6. The number of para-hydroxylation sites is 1. The number of methoxy groups -OCH3 is 1. The van der Waals surface area contributed by atoms with Crippen LogP contribution in [-0.2, 0) is 20.9 Å². The van der Waals surface area contributed by atoms with E-state index in [-0.39, 0.29) is 17.5 Å². The molecule has 0 saturated heterocycles. The van der Waals surface area contributed by atoms with E-state index < -0.39 is 42.3 Å². The van der Waals surface area contributed by atoms with Crippen LogP contribution in [0.2, 0.25) is 5.02 Å². The molecule has 2 amide bonds. The molecule has 0 spiro atoms. The Morgan fingerprint density at radius 2 is 1.59 bits per heavy atom. The van der Waals surface area contributed by atoms with Gasteiger partial charge in [-0.1, -0.05) is 41.9 Å². The lowest BCUT2D eigenvalue weighted by molar-refractivity contribution is -0.146. The van der Waals surface area contributed by atoms with Crippen LogP contribution < -0.4 is 4.90 Å². The molecule has 1 N–H and O–H groups in total. The van der Waals surface area contributed by atoms with Gasteiger partial charge >= 0.3 is 12.1 Å². The molecular weight excluding hydrogens is 544 g/mol. The SMILES string of the molecule is COC(=O)N1[C@H](CC23CC4CC(CC(C4)C2)C3)C(=O)N(Cc2ccccc2Cl)c2ccccc2C(=O)C[C@H]1C(=O)O. The third-order valence-electron chi connectivity index (χ3n) is 9.84. The summed E-state index contributed by atoms with van der Waals surface area (Å²) >= 11 is 6.53. The van der Waals surface area contributed by atoms with Crippen molar-refractivity contribution in [1.82, 2.24) is 4.90 Å². The van der Waals surface area contributed by atoms with Crippen LogP contribution in [0.3, 0.4) is 0 Å². The first-order valence-electron chi connectivity index (χ1n) is 14.4. The fourth-order valence-corrected chi connectivity index (χ4v) is 8.82. The fraction of sp³-hybridized carbons (Fsp3) is 0.500. The Morgan fingerprint density at radius 1 is 0.976 bits per heavy atom. The second-order valence-corrected chi connectivity index (χ2v) is 12.9. The Balaban J connectivity index is 1.50. The minimum Gasteiger partial charge on any atom is -0.480 e. The van der Waals surface area contributed by atoms with Gasteiger partial charge in [0.15, 0.2) is 5.78 Å². The average molecular weight is 579 g/mol. The molecule has 0 radical (unpaired) electrons. The summed E-state index contributed by atoms with van der Waals surface area (Å²) in [6.07, 6.45) is 5.47. The predicted octanol–water partition coefficient (Wildman–Crippen LogP) is 5.96. The first-order chi connectivity index (χ1) is 19.7. The smallest absolute Gasteiger partial charge is 0.410 e. The first kappa shape index (κ1) is 27.8. The van der Waals surface area contributed by atoms with E-state index in [1.807, 2.05) is 12.1 Å². The highest BCUT2D eigenvalue weighted by molar-refractivity contribution is 6.31. The maximum absolute atomic E-state index is 14.9. The number of benzene rings is 2. The standard InChI is InChI=1S/C32H35ClN2O6/c1-41-31(40)35-26(30(38)39)13-28(36)23-7-3-5-9-25(23)34(18-22-6-2-4-8-24(22)33)29(37)27(35)17-32-14-19-10-20(15-32)12-21(11-19)16-32/h2-9,19-21,26-27H,10-18H2,1H3,(H,38,39)/t19?,20?,21?,26-,27+,32?/m0/s1. The van der Waals surface area contributed by atoms with Crippen LogP contribution in [0.25, 0.3) is 0 Å². The van der Waals surface area contributed by atoms with E-state index in [9.17, 15) is 24.3 Å². The van der Waals surface area contributed by atoms with E-state index in [1.54, 1.807) is 36.4 Å². The van der Waals surface area contributed by atoms with Crippen LogP contribution in [0, 0.1) is 23.2 Å². The number of ketones is 1. The van der Waals surface area contributed by atoms with Gasteiger partial charge in [0.2, 0.25) is 5.91 Å². The van der Waals surface area contributed by atoms with Crippen molar-refractivity contribution in [2.45, 2.75) is 70.0 Å². The summed E-state index contributed by atoms with van der Waals surface area (Å²) in [7, 11) is 1.18. The maximum atomic E-state index is 14.9. The van der Waals surface area contributed by atoms with Crippen LogP contribution in [0.4, 0.5) is 10.5 Å². The predicted molar refractivity (Wildman–Crippen MR) is 153 cm³/mol. The van der Waals surface area contributed by atoms with Crippen molar-refractivity contribution in [1.29, 1.82) is 0 Å². The maximum Gasteiger partial charge on any atom is 0.410 e. The van der Waals surface area contributed by atoms with E-state index in [0.717, 1.165) is 24.2 Å². The molecule has 7 rings (SSSR count). The largest absolute Gasteiger partial charge is 0.480 e. The number of hydrogen-bond acceptors (Lipinski definition) is 5. The van der Waals surface area contributed by atoms with Crippen molar-refractivity contribution in [3.05, 3.63) is 64.7 Å². The number of fused-ring (bicyclic) bond motifs is 1. The number of halogens is 1. The van der Waals surface area contributed by atoms with Gasteiger partial charge < -0.3 is 14.7 Å². The van der Waals surface area contributed by atoms with Crippen LogP contribution in [0.5, 0.6) is 0 Å². The zero-order chi connectivity index (χ0) is 28.9. The van der Waals surface area contributed by atoms with Crippen molar-refractivity contribution in [3.63, 3.8) is 0 Å². The summed E-state index contributed by atoms with van der Waals surface area (Å²) in [6.45, 7) is 0.0624. The third kappa shape index (κ3) is 5.11. The summed E-state index contributed by atoms with van der Waals surface area (Å²) in [6, 6.07) is 11.3. The monoisotopic (exact) mass is 578 g/mol. The molecule has 2 atom stereocenters. The van der Waals surface area contributed by atoms with Gasteiger partial charge in [-0.2, -0.15) is 0 Å². The second-order valence-electron chi connectivity index (χ2n) is 12.5. The Morgan fingerprint density at radius 3 is 2.20 bits per heavy atom. The van der Waals surface area contributed by atoms with Gasteiger partial charge in [-0.15, -0.1) is 0 Å². The quantitative estimate of drug-likeness (QED) is 0.470. The Hall–Kier alpha value is -3.39. The van der Waals surface area contributed by atoms with Crippen LogP contribution >= 0.6 is 11.6 Å². The molecule has 0 unspecified atom stereocenters. The lowest BCUT2D eigenvalue weighted by Gasteiger charge is -2.58. The van der Waals surface area contributed by atoms with E-state index in [0.29, 0.717) is 40.4 Å². The fourth-order valence-electron chi connectivity index (χ4n) is 8.63. The van der Waals surface area contributed by atoms with Gasteiger partial charge in [0.25, 0.3) is 0 Å². The summed E-state index contributed by atoms with van der Waals surface area (Å²) in [4.78, 5) is 57.3. The second kappa shape index (κ2) is 10.8. The van der Waals surface area contributed by atoms with Gasteiger partial charge in [0.1, 0.15) is 12.1 Å². The summed E-state index contributed by atoms with van der Waals surface area (Å²) in [5.41, 5.74) is 1.13. The van der Waals surface area contributed by atoms with Gasteiger partial charge in [0, 0.05) is 17.0 Å². The van der Waals surface area contributed by atoms with Gasteiger partial charge in [-0.05, 0) is 91.9 Å². The normalized spacial score (nSPS) is 30.8. The zero-order valence-corrected chi connectivity index (χ0v) is 23.9. The number of aliphatic carboxylic acids is 1. The van der Waals surface area contributed by atoms with Crippen LogP contribution in [0.15, 0.2) is 48.5 Å². The van der Waals surface area contributed by atoms with E-state index in [4.69, 9.17) is 16.3 Å². The number of carboxylic acid groups (broad SMARTS) is 1. The van der Waals surface area contributed by atoms with Crippen LogP contribution in [0.1, 0.15) is 67.3 Å². The minimum absolute atomic E-state index is 0.0624. The molecule has 4 aliphatic carbocycles. The molecule has 4 saturated carbocycles. The molecule has 2 aromatic rings. The Kier molecular flexibility index (Phi) is 7.30. The highest BCUT2D eigenvalue weighted by atomic mass is 35.5. The van der Waals surface area contributed by atoms with Crippen LogP contribution in [-0.4, -0.2) is 53.0 Å². The number of hydrogen-bond donors (Lipinski definition) is 1. The average Bonchev–Trinajstić information content (AvgIpc) is 2.97. The molecule has 0 aromatic heterocycles. The number of anilines is 1. The molecule has 4 fully saturated rings. The minimum atomic E-state index is -1.55. The molecule has 5 aliphatic rings. The zero-order valence-electron chi connectivity index (χ0n) is 23.1. The number of carboxylic acids is 1. The van der Waals surface area contributed by atoms with E-state index in [2.05, 4.69) is 0 Å². The number of nitrogens with zero attached hydrogens (tertiary/aromatic N) is 2. The lowest BCUT2D eigenvalue weighted by Crippen LogP contribution is -2.59. The third-order valence-corrected chi connectivity index (χ3v) is 10.2. The number of ether oxygens (including phenoxy) is 1. The number of carbonyl (C=O) groups is 4. The number of rotatable bonds is 5. The van der Waals surface area contributed by atoms with Crippen molar-refractivity contribution in [3.8, 4) is 0 Å². The highest BCUT2D eigenvalue weighted by Crippen LogP contribution is 2.62. The van der Waals surface area contributed by atoms with Gasteiger partial charge in [-0.3, -0.25) is 14.5 Å². The Bertz CT molecular complexity index is 1360. The topological polar surface area (TPSA) is 104 Å². The number of amides is 2. The Labute approximate surface area is 244 Å². The number of carbonyl (C=O) groups excluding carboxylic acids is 3. The molecule has 216 valence electrons. The molecule has 41 heavy (non-hydrogen) atoms. The van der Waals surface area contributed by atoms with Crippen molar-refractivity contribution in [2.75, 3.05) is 12.0 Å². The van der Waals surface area contributed by atoms with Gasteiger partial charge in [-0.25, -0.2) is 9.59 Å². The van der Waals surface area contributed by atoms with Gasteiger partial charge in [0.05, 0.1) is 19.3 Å². The molecule has 1 heterocycles. The lowest BCUT2D eigenvalue weighted by atomic mass is 9.48. The molecule has 9 heteroatoms. The summed E-state index contributed by atoms with van der Waals surface area (Å²) < 4.78 is 5.11. The molecule has 2 aromatic carbocycles. The molecule has 8 nitrogen and oxygen atoms in total. The summed E-state index contributed by atoms with van der Waals surface area (Å²) in [5.74, 6) is -0.457. The van der Waals surface area contributed by atoms with E-state index in [1.165, 1.54) is 31.3 Å². The molecule has 4 bridgehead atoms. The molecule has 1 aliphatic heterocycles. The highest BCUT2D eigenvalue weighted by Gasteiger charge is 2.54.